The summed E-state index contributed by atoms with van der Waals surface area (Å²) < 4.78 is 6.71. The number of nitrogens with zero attached hydrogens (tertiary/aromatic N) is 1. The largest absolute Gasteiger partial charge is 0.455 e. The summed E-state index contributed by atoms with van der Waals surface area (Å²) in [7, 11) is 0. The minimum atomic E-state index is 0.876. The van der Waals surface area contributed by atoms with E-state index in [2.05, 4.69) is 187 Å². The zero-order valence-electron chi connectivity index (χ0n) is 26.3. The minimum absolute atomic E-state index is 0.876. The third-order valence-electron chi connectivity index (χ3n) is 9.24. The van der Waals surface area contributed by atoms with Crippen molar-refractivity contribution < 1.29 is 4.42 Å². The molecular weight excluding hydrogens is 583 g/mol. The molecule has 0 N–H and O–H groups in total. The van der Waals surface area contributed by atoms with Crippen molar-refractivity contribution >= 4 is 49.8 Å². The summed E-state index contributed by atoms with van der Waals surface area (Å²) in [6.45, 7) is 0. The third-order valence-corrected chi connectivity index (χ3v) is 9.24. The van der Waals surface area contributed by atoms with Crippen molar-refractivity contribution in [3.8, 4) is 33.4 Å². The van der Waals surface area contributed by atoms with Crippen molar-refractivity contribution in [3.05, 3.63) is 188 Å². The number of hydrogen-bond donors (Lipinski definition) is 0. The summed E-state index contributed by atoms with van der Waals surface area (Å²) >= 11 is 0. The first-order valence-corrected chi connectivity index (χ1v) is 16.4. The molecule has 8 aromatic carbocycles. The number of anilines is 3. The second kappa shape index (κ2) is 11.8. The topological polar surface area (TPSA) is 16.4 Å². The standard InChI is InChI=1S/C46H31NO/c1-3-14-32(15-4-1)35-20-11-21-36(30-35)37-22-12-23-38(31-37)47(42-26-13-19-33-18-7-8-24-39(33)42)43-29-28-40(34-16-5-2-6-17-34)46-45(43)41-25-9-10-27-44(41)48-46/h1-31H. The summed E-state index contributed by atoms with van der Waals surface area (Å²) in [6.07, 6.45) is 0. The van der Waals surface area contributed by atoms with Crippen molar-refractivity contribution in [3.63, 3.8) is 0 Å². The Morgan fingerprint density at radius 1 is 0.375 bits per heavy atom. The summed E-state index contributed by atoms with van der Waals surface area (Å²) in [4.78, 5) is 2.41. The average Bonchev–Trinajstić information content (AvgIpc) is 3.56. The molecule has 0 saturated carbocycles. The molecule has 226 valence electrons. The van der Waals surface area contributed by atoms with Crippen molar-refractivity contribution in [2.24, 2.45) is 0 Å². The van der Waals surface area contributed by atoms with Gasteiger partial charge in [0.2, 0.25) is 0 Å². The molecule has 9 rings (SSSR count). The van der Waals surface area contributed by atoms with E-state index in [0.29, 0.717) is 0 Å². The maximum atomic E-state index is 6.71. The van der Waals surface area contributed by atoms with E-state index >= 15 is 0 Å². The minimum Gasteiger partial charge on any atom is -0.455 e. The second-order valence-corrected chi connectivity index (χ2v) is 12.1. The molecule has 2 heteroatoms. The lowest BCUT2D eigenvalue weighted by molar-refractivity contribution is 0.670. The van der Waals surface area contributed by atoms with Gasteiger partial charge in [-0.3, -0.25) is 0 Å². The molecule has 0 aliphatic heterocycles. The van der Waals surface area contributed by atoms with Crippen LogP contribution in [0.3, 0.4) is 0 Å². The molecule has 0 saturated heterocycles. The van der Waals surface area contributed by atoms with Crippen LogP contribution in [0.1, 0.15) is 0 Å². The summed E-state index contributed by atoms with van der Waals surface area (Å²) in [5, 5.41) is 4.57. The zero-order chi connectivity index (χ0) is 31.9. The van der Waals surface area contributed by atoms with Gasteiger partial charge in [0.15, 0.2) is 0 Å². The Bertz CT molecular complexity index is 2560. The Labute approximate surface area is 279 Å². The van der Waals surface area contributed by atoms with E-state index in [1.807, 2.05) is 6.07 Å². The van der Waals surface area contributed by atoms with Crippen LogP contribution in [0.25, 0.3) is 66.1 Å². The SMILES string of the molecule is c1ccc(-c2cccc(-c3cccc(N(c4cccc5ccccc45)c4ccc(-c5ccccc5)c5oc6ccccc6c45)c3)c2)cc1. The van der Waals surface area contributed by atoms with Crippen LogP contribution >= 0.6 is 0 Å². The number of furan rings is 1. The van der Waals surface area contributed by atoms with Gasteiger partial charge in [-0.2, -0.15) is 0 Å². The highest BCUT2D eigenvalue weighted by Crippen LogP contribution is 2.47. The van der Waals surface area contributed by atoms with Crippen molar-refractivity contribution in [1.29, 1.82) is 0 Å². The molecule has 9 aromatic rings. The molecule has 0 spiro atoms. The molecular formula is C46H31NO. The van der Waals surface area contributed by atoms with Gasteiger partial charge in [0, 0.05) is 22.0 Å². The summed E-state index contributed by atoms with van der Waals surface area (Å²) in [6, 6.07) is 66.8. The highest BCUT2D eigenvalue weighted by molar-refractivity contribution is 6.18. The number of para-hydroxylation sites is 1. The lowest BCUT2D eigenvalue weighted by Gasteiger charge is -2.28. The van der Waals surface area contributed by atoms with Crippen LogP contribution in [0.4, 0.5) is 17.1 Å². The molecule has 0 radical (unpaired) electrons. The molecule has 0 atom stereocenters. The van der Waals surface area contributed by atoms with Gasteiger partial charge in [0.25, 0.3) is 0 Å². The van der Waals surface area contributed by atoms with Crippen molar-refractivity contribution in [1.82, 2.24) is 0 Å². The highest BCUT2D eigenvalue weighted by atomic mass is 16.3. The first kappa shape index (κ1) is 27.9. The molecule has 0 bridgehead atoms. The molecule has 0 fully saturated rings. The fourth-order valence-corrected chi connectivity index (χ4v) is 6.99. The van der Waals surface area contributed by atoms with E-state index in [1.54, 1.807) is 0 Å². The summed E-state index contributed by atoms with van der Waals surface area (Å²) in [5.41, 5.74) is 12.0. The predicted molar refractivity (Wildman–Crippen MR) is 202 cm³/mol. The van der Waals surface area contributed by atoms with Crippen LogP contribution in [0, 0.1) is 0 Å². The van der Waals surface area contributed by atoms with Gasteiger partial charge in [-0.25, -0.2) is 0 Å². The quantitative estimate of drug-likeness (QED) is 0.185. The van der Waals surface area contributed by atoms with Gasteiger partial charge < -0.3 is 9.32 Å². The molecule has 0 unspecified atom stereocenters. The van der Waals surface area contributed by atoms with Gasteiger partial charge in [0.05, 0.1) is 16.8 Å². The van der Waals surface area contributed by atoms with Crippen molar-refractivity contribution in [2.75, 3.05) is 4.90 Å². The van der Waals surface area contributed by atoms with Gasteiger partial charge in [0.1, 0.15) is 11.2 Å². The van der Waals surface area contributed by atoms with E-state index in [-0.39, 0.29) is 0 Å². The van der Waals surface area contributed by atoms with Gasteiger partial charge >= 0.3 is 0 Å². The first-order valence-electron chi connectivity index (χ1n) is 16.4. The van der Waals surface area contributed by atoms with Crippen LogP contribution in [0.2, 0.25) is 0 Å². The Kier molecular flexibility index (Phi) is 6.84. The number of rotatable bonds is 6. The molecule has 1 heterocycles. The molecule has 0 amide bonds. The smallest absolute Gasteiger partial charge is 0.145 e. The molecule has 0 aliphatic carbocycles. The Hall–Kier alpha value is -6.38. The Morgan fingerprint density at radius 3 is 1.77 bits per heavy atom. The third kappa shape index (κ3) is 4.83. The van der Waals surface area contributed by atoms with Gasteiger partial charge in [-0.1, -0.05) is 146 Å². The number of hydrogen-bond acceptors (Lipinski definition) is 2. The molecule has 2 nitrogen and oxygen atoms in total. The van der Waals surface area contributed by atoms with E-state index < -0.39 is 0 Å². The van der Waals surface area contributed by atoms with E-state index in [0.717, 1.165) is 55.7 Å². The van der Waals surface area contributed by atoms with Crippen LogP contribution in [0.15, 0.2) is 192 Å². The lowest BCUT2D eigenvalue weighted by Crippen LogP contribution is -2.11. The van der Waals surface area contributed by atoms with Crippen LogP contribution in [-0.2, 0) is 0 Å². The molecule has 1 aromatic heterocycles. The number of fused-ring (bicyclic) bond motifs is 4. The van der Waals surface area contributed by atoms with Gasteiger partial charge in [-0.15, -0.1) is 0 Å². The van der Waals surface area contributed by atoms with Crippen LogP contribution < -0.4 is 4.90 Å². The number of benzene rings is 8. The van der Waals surface area contributed by atoms with Crippen LogP contribution in [0.5, 0.6) is 0 Å². The van der Waals surface area contributed by atoms with Gasteiger partial charge in [-0.05, 0) is 75.7 Å². The summed E-state index contributed by atoms with van der Waals surface area (Å²) in [5.74, 6) is 0. The predicted octanol–water partition coefficient (Wildman–Crippen LogP) is 13.2. The molecule has 0 aliphatic rings. The Morgan fingerprint density at radius 2 is 0.958 bits per heavy atom. The lowest BCUT2D eigenvalue weighted by atomic mass is 9.97. The van der Waals surface area contributed by atoms with E-state index in [4.69, 9.17) is 4.42 Å². The second-order valence-electron chi connectivity index (χ2n) is 12.1. The maximum Gasteiger partial charge on any atom is 0.145 e. The first-order chi connectivity index (χ1) is 23.8. The Balaban J connectivity index is 1.30. The van der Waals surface area contributed by atoms with Crippen LogP contribution in [-0.4, -0.2) is 0 Å². The zero-order valence-corrected chi connectivity index (χ0v) is 26.3. The molecule has 48 heavy (non-hydrogen) atoms. The van der Waals surface area contributed by atoms with E-state index in [1.165, 1.54) is 27.5 Å². The highest BCUT2D eigenvalue weighted by Gasteiger charge is 2.23. The fourth-order valence-electron chi connectivity index (χ4n) is 6.99. The maximum absolute atomic E-state index is 6.71. The normalized spacial score (nSPS) is 11.3. The monoisotopic (exact) mass is 613 g/mol. The van der Waals surface area contributed by atoms with E-state index in [9.17, 15) is 0 Å². The fraction of sp³-hybridized carbons (Fsp3) is 0. The average molecular weight is 614 g/mol. The van der Waals surface area contributed by atoms with Crippen molar-refractivity contribution in [2.45, 2.75) is 0 Å².